The molecule has 0 fully saturated rings. The fourth-order valence-electron chi connectivity index (χ4n) is 2.51. The van der Waals surface area contributed by atoms with Gasteiger partial charge in [0.2, 0.25) is 6.61 Å². The van der Waals surface area contributed by atoms with Gasteiger partial charge in [0.25, 0.3) is 0 Å². The van der Waals surface area contributed by atoms with Crippen LogP contribution in [0, 0.1) is 11.6 Å². The molecule has 0 heterocycles. The van der Waals surface area contributed by atoms with Gasteiger partial charge in [0.05, 0.1) is 6.21 Å². The highest BCUT2D eigenvalue weighted by molar-refractivity contribution is 5.83. The summed E-state index contributed by atoms with van der Waals surface area (Å²) in [5.74, 6) is -0.905. The number of rotatable bonds is 10. The zero-order valence-corrected chi connectivity index (χ0v) is 16.3. The normalized spacial score (nSPS) is 10.8. The maximum Gasteiger partial charge on any atom is 0.344 e. The molecule has 3 aromatic carbocycles. The Morgan fingerprint density at radius 3 is 2.03 bits per heavy atom. The highest BCUT2D eigenvalue weighted by atomic mass is 19.1. The van der Waals surface area contributed by atoms with Gasteiger partial charge in [0.1, 0.15) is 36.3 Å². The first kappa shape index (κ1) is 21.8. The van der Waals surface area contributed by atoms with E-state index in [2.05, 4.69) is 9.99 Å². The van der Waals surface area contributed by atoms with Gasteiger partial charge < -0.3 is 19.4 Å². The highest BCUT2D eigenvalue weighted by Crippen LogP contribution is 2.26. The monoisotopic (exact) mass is 427 g/mol. The summed E-state index contributed by atoms with van der Waals surface area (Å²) in [5, 5.41) is 12.2. The van der Waals surface area contributed by atoms with Crippen molar-refractivity contribution in [2.45, 2.75) is 13.2 Å². The van der Waals surface area contributed by atoms with Gasteiger partial charge in [0, 0.05) is 11.6 Å². The van der Waals surface area contributed by atoms with Gasteiger partial charge in [0.15, 0.2) is 0 Å². The molecule has 0 spiro atoms. The third kappa shape index (κ3) is 7.11. The van der Waals surface area contributed by atoms with Gasteiger partial charge in [-0.3, -0.25) is 0 Å². The fourth-order valence-corrected chi connectivity index (χ4v) is 2.51. The van der Waals surface area contributed by atoms with Crippen LogP contribution in [0.4, 0.5) is 8.78 Å². The molecule has 3 aromatic rings. The molecule has 0 radical (unpaired) electrons. The second kappa shape index (κ2) is 10.7. The number of halogens is 2. The molecule has 0 aromatic heterocycles. The lowest BCUT2D eigenvalue weighted by atomic mass is 10.2. The van der Waals surface area contributed by atoms with Crippen LogP contribution >= 0.6 is 0 Å². The quantitative estimate of drug-likeness (QED) is 0.379. The molecule has 0 aliphatic rings. The lowest BCUT2D eigenvalue weighted by Gasteiger charge is -2.12. The molecule has 0 aliphatic carbocycles. The summed E-state index contributed by atoms with van der Waals surface area (Å²) in [6.45, 7) is -0.174. The van der Waals surface area contributed by atoms with Crippen LogP contribution in [0.1, 0.15) is 16.7 Å². The van der Waals surface area contributed by atoms with E-state index in [1.807, 2.05) is 0 Å². The van der Waals surface area contributed by atoms with E-state index in [9.17, 15) is 13.6 Å². The molecule has 0 aliphatic heterocycles. The molecule has 1 N–H and O–H groups in total. The number of benzene rings is 3. The van der Waals surface area contributed by atoms with E-state index in [1.165, 1.54) is 30.5 Å². The molecule has 6 nitrogen and oxygen atoms in total. The van der Waals surface area contributed by atoms with Crippen LogP contribution in [-0.2, 0) is 22.8 Å². The number of carbonyl (C=O) groups is 1. The predicted octanol–water partition coefficient (Wildman–Crippen LogP) is 4.56. The number of carboxylic acids is 1. The molecular formula is C23H19F2NO5. The smallest absolute Gasteiger partial charge is 0.344 e. The van der Waals surface area contributed by atoms with Gasteiger partial charge >= 0.3 is 5.97 Å². The zero-order valence-electron chi connectivity index (χ0n) is 16.3. The van der Waals surface area contributed by atoms with Crippen molar-refractivity contribution >= 4 is 12.2 Å². The van der Waals surface area contributed by atoms with Crippen molar-refractivity contribution in [1.29, 1.82) is 0 Å². The highest BCUT2D eigenvalue weighted by Gasteiger charge is 2.07. The Balaban J connectivity index is 1.72. The third-order valence-corrected chi connectivity index (χ3v) is 4.07. The number of aliphatic carboxylic acids is 1. The lowest BCUT2D eigenvalue weighted by molar-refractivity contribution is -0.142. The summed E-state index contributed by atoms with van der Waals surface area (Å²) in [7, 11) is 0. The Labute approximate surface area is 177 Å². The molecule has 0 atom stereocenters. The Bertz CT molecular complexity index is 1040. The molecule has 160 valence electrons. The van der Waals surface area contributed by atoms with E-state index in [0.717, 1.165) is 11.1 Å². The van der Waals surface area contributed by atoms with Crippen molar-refractivity contribution in [3.8, 4) is 11.5 Å². The molecule has 0 bridgehead atoms. The Hall–Kier alpha value is -3.94. The summed E-state index contributed by atoms with van der Waals surface area (Å²) >= 11 is 0. The molecule has 8 heteroatoms. The van der Waals surface area contributed by atoms with Gasteiger partial charge in [-0.05, 0) is 47.5 Å². The van der Waals surface area contributed by atoms with E-state index in [0.29, 0.717) is 17.1 Å². The van der Waals surface area contributed by atoms with Crippen LogP contribution in [0.2, 0.25) is 0 Å². The Kier molecular flexibility index (Phi) is 7.53. The minimum absolute atomic E-state index is 0.165. The van der Waals surface area contributed by atoms with Crippen molar-refractivity contribution in [1.82, 2.24) is 0 Å². The summed E-state index contributed by atoms with van der Waals surface area (Å²) in [5.41, 5.74) is 2.08. The van der Waals surface area contributed by atoms with Crippen LogP contribution in [0.3, 0.4) is 0 Å². The SMILES string of the molecule is O=C(O)CO/N=C/c1ccc(OCc2ccc(F)cc2)cc1OCc1ccc(F)cc1. The van der Waals surface area contributed by atoms with E-state index >= 15 is 0 Å². The number of nitrogens with zero attached hydrogens (tertiary/aromatic N) is 1. The molecule has 0 unspecified atom stereocenters. The minimum atomic E-state index is -1.14. The van der Waals surface area contributed by atoms with E-state index < -0.39 is 12.6 Å². The number of hydrogen-bond donors (Lipinski definition) is 1. The predicted molar refractivity (Wildman–Crippen MR) is 109 cm³/mol. The van der Waals surface area contributed by atoms with Crippen molar-refractivity contribution in [2.24, 2.45) is 5.16 Å². The van der Waals surface area contributed by atoms with Crippen LogP contribution in [-0.4, -0.2) is 23.9 Å². The Morgan fingerprint density at radius 1 is 0.871 bits per heavy atom. The Morgan fingerprint density at radius 2 is 1.45 bits per heavy atom. The standard InChI is InChI=1S/C23H19F2NO5/c24-19-6-1-16(2-7-19)13-29-21-10-5-18(12-26-31-15-23(27)28)22(11-21)30-14-17-3-8-20(25)9-4-17/h1-12H,13-15H2,(H,27,28)/b26-12+. The lowest BCUT2D eigenvalue weighted by Crippen LogP contribution is -2.04. The average molecular weight is 427 g/mol. The van der Waals surface area contributed by atoms with Crippen molar-refractivity contribution in [3.05, 3.63) is 95.1 Å². The van der Waals surface area contributed by atoms with Gasteiger partial charge in [-0.15, -0.1) is 0 Å². The second-order valence-corrected chi connectivity index (χ2v) is 6.43. The first-order valence-corrected chi connectivity index (χ1v) is 9.25. The maximum absolute atomic E-state index is 13.1. The molecule has 0 saturated carbocycles. The van der Waals surface area contributed by atoms with Crippen LogP contribution < -0.4 is 9.47 Å². The van der Waals surface area contributed by atoms with Crippen LogP contribution in [0.25, 0.3) is 0 Å². The van der Waals surface area contributed by atoms with Crippen LogP contribution in [0.5, 0.6) is 11.5 Å². The molecular weight excluding hydrogens is 408 g/mol. The number of oxime groups is 1. The first-order chi connectivity index (χ1) is 15.0. The third-order valence-electron chi connectivity index (χ3n) is 4.07. The summed E-state index contributed by atoms with van der Waals surface area (Å²) in [4.78, 5) is 15.2. The van der Waals surface area contributed by atoms with E-state index in [-0.39, 0.29) is 24.8 Å². The molecule has 31 heavy (non-hydrogen) atoms. The van der Waals surface area contributed by atoms with E-state index in [1.54, 1.807) is 42.5 Å². The van der Waals surface area contributed by atoms with Crippen molar-refractivity contribution in [2.75, 3.05) is 6.61 Å². The summed E-state index contributed by atoms with van der Waals surface area (Å²) in [6.07, 6.45) is 1.33. The summed E-state index contributed by atoms with van der Waals surface area (Å²) < 4.78 is 37.7. The number of ether oxygens (including phenoxy) is 2. The average Bonchev–Trinajstić information content (AvgIpc) is 2.76. The van der Waals surface area contributed by atoms with Crippen molar-refractivity contribution in [3.63, 3.8) is 0 Å². The van der Waals surface area contributed by atoms with Gasteiger partial charge in [-0.2, -0.15) is 0 Å². The summed E-state index contributed by atoms with van der Waals surface area (Å²) in [6, 6.07) is 16.9. The zero-order chi connectivity index (χ0) is 22.1. The van der Waals surface area contributed by atoms with Gasteiger partial charge in [-0.1, -0.05) is 29.4 Å². The van der Waals surface area contributed by atoms with E-state index in [4.69, 9.17) is 14.6 Å². The number of carboxylic acid groups (broad SMARTS) is 1. The van der Waals surface area contributed by atoms with Crippen LogP contribution in [0.15, 0.2) is 71.9 Å². The molecule has 3 rings (SSSR count). The largest absolute Gasteiger partial charge is 0.489 e. The molecule has 0 amide bonds. The second-order valence-electron chi connectivity index (χ2n) is 6.43. The maximum atomic E-state index is 13.1. The fraction of sp³-hybridized carbons (Fsp3) is 0.130. The van der Waals surface area contributed by atoms with Crippen molar-refractivity contribution < 1.29 is 33.0 Å². The van der Waals surface area contributed by atoms with Gasteiger partial charge in [-0.25, -0.2) is 13.6 Å². The molecule has 0 saturated heterocycles. The topological polar surface area (TPSA) is 77.4 Å². The number of hydrogen-bond acceptors (Lipinski definition) is 5. The minimum Gasteiger partial charge on any atom is -0.489 e. The first-order valence-electron chi connectivity index (χ1n) is 9.25.